The number of para-hydroxylation sites is 1. The van der Waals surface area contributed by atoms with E-state index >= 15 is 0 Å². The Kier molecular flexibility index (Phi) is 4.39. The Balaban J connectivity index is 1.95. The van der Waals surface area contributed by atoms with Gasteiger partial charge in [0, 0.05) is 19.0 Å². The molecule has 0 aliphatic carbocycles. The van der Waals surface area contributed by atoms with E-state index in [2.05, 4.69) is 0 Å². The molecule has 1 aliphatic heterocycles. The van der Waals surface area contributed by atoms with Gasteiger partial charge in [-0.2, -0.15) is 0 Å². The molecule has 1 aliphatic rings. The highest BCUT2D eigenvalue weighted by Gasteiger charge is 2.26. The number of phenolic OH excluding ortho intramolecular Hbond substituents is 1. The first-order chi connectivity index (χ1) is 9.38. The van der Waals surface area contributed by atoms with Crippen molar-refractivity contribution in [3.05, 3.63) is 18.2 Å². The lowest BCUT2D eigenvalue weighted by molar-refractivity contribution is 0.181. The number of rotatable bonds is 4. The number of nitrogens with zero attached hydrogens (tertiary/aromatic N) is 1. The molecular weight excluding hydrogens is 280 g/mol. The summed E-state index contributed by atoms with van der Waals surface area (Å²) < 4.78 is 30.2. The number of nitrogen functional groups attached to an aromatic ring is 1. The fourth-order valence-electron chi connectivity index (χ4n) is 2.33. The minimum absolute atomic E-state index is 0.0103. The molecule has 1 aromatic carbocycles. The SMILES string of the molecule is CS(=O)(=O)N1CCCC(COc2cccc(O)c2N)C1. The van der Waals surface area contributed by atoms with Crippen LogP contribution >= 0.6 is 0 Å². The average molecular weight is 300 g/mol. The second-order valence-electron chi connectivity index (χ2n) is 5.13. The van der Waals surface area contributed by atoms with Crippen molar-refractivity contribution in [1.29, 1.82) is 0 Å². The van der Waals surface area contributed by atoms with Gasteiger partial charge in [-0.1, -0.05) is 6.07 Å². The number of hydrogen-bond donors (Lipinski definition) is 2. The number of hydrogen-bond acceptors (Lipinski definition) is 5. The van der Waals surface area contributed by atoms with Crippen LogP contribution in [0.1, 0.15) is 12.8 Å². The predicted molar refractivity (Wildman–Crippen MR) is 77.2 cm³/mol. The van der Waals surface area contributed by atoms with Gasteiger partial charge in [-0.3, -0.25) is 0 Å². The van der Waals surface area contributed by atoms with Crippen molar-refractivity contribution in [1.82, 2.24) is 4.31 Å². The Bertz CT molecular complexity index is 574. The zero-order valence-corrected chi connectivity index (χ0v) is 12.3. The number of aromatic hydroxyl groups is 1. The van der Waals surface area contributed by atoms with Gasteiger partial charge in [-0.25, -0.2) is 12.7 Å². The molecule has 3 N–H and O–H groups in total. The van der Waals surface area contributed by atoms with Crippen LogP contribution in [0.2, 0.25) is 0 Å². The summed E-state index contributed by atoms with van der Waals surface area (Å²) >= 11 is 0. The van der Waals surface area contributed by atoms with Crippen molar-refractivity contribution in [2.24, 2.45) is 5.92 Å². The van der Waals surface area contributed by atoms with Crippen molar-refractivity contribution >= 4 is 15.7 Å². The second kappa shape index (κ2) is 5.88. The molecule has 0 aromatic heterocycles. The standard InChI is InChI=1S/C13H20N2O4S/c1-20(17,18)15-7-3-4-10(8-15)9-19-12-6-2-5-11(16)13(12)14/h2,5-6,10,16H,3-4,7-9,14H2,1H3. The molecule has 0 bridgehead atoms. The fourth-order valence-corrected chi connectivity index (χ4v) is 3.27. The topological polar surface area (TPSA) is 92.9 Å². The summed E-state index contributed by atoms with van der Waals surface area (Å²) in [6.07, 6.45) is 2.98. The van der Waals surface area contributed by atoms with E-state index in [0.29, 0.717) is 25.4 Å². The van der Waals surface area contributed by atoms with Gasteiger partial charge in [0.15, 0.2) is 0 Å². The second-order valence-corrected chi connectivity index (χ2v) is 7.11. The third-order valence-corrected chi connectivity index (χ3v) is 4.74. The number of anilines is 1. The Hall–Kier alpha value is -1.47. The quantitative estimate of drug-likeness (QED) is 0.640. The van der Waals surface area contributed by atoms with Crippen LogP contribution < -0.4 is 10.5 Å². The number of benzene rings is 1. The monoisotopic (exact) mass is 300 g/mol. The zero-order chi connectivity index (χ0) is 14.8. The molecule has 20 heavy (non-hydrogen) atoms. The molecule has 1 saturated heterocycles. The van der Waals surface area contributed by atoms with Crippen LogP contribution in [0.5, 0.6) is 11.5 Å². The number of sulfonamides is 1. The van der Waals surface area contributed by atoms with Crippen molar-refractivity contribution in [3.8, 4) is 11.5 Å². The molecule has 1 fully saturated rings. The largest absolute Gasteiger partial charge is 0.506 e. The molecule has 1 unspecified atom stereocenters. The van der Waals surface area contributed by atoms with E-state index in [1.54, 1.807) is 12.1 Å². The molecule has 0 spiro atoms. The van der Waals surface area contributed by atoms with Gasteiger partial charge >= 0.3 is 0 Å². The first-order valence-electron chi connectivity index (χ1n) is 6.53. The summed E-state index contributed by atoms with van der Waals surface area (Å²) in [5.74, 6) is 0.561. The molecule has 0 saturated carbocycles. The molecule has 112 valence electrons. The van der Waals surface area contributed by atoms with Crippen LogP contribution in [0.15, 0.2) is 18.2 Å². The van der Waals surface area contributed by atoms with Gasteiger partial charge in [0.05, 0.1) is 12.9 Å². The Morgan fingerprint density at radius 1 is 1.50 bits per heavy atom. The molecular formula is C13H20N2O4S. The van der Waals surface area contributed by atoms with Gasteiger partial charge in [-0.15, -0.1) is 0 Å². The van der Waals surface area contributed by atoms with Gasteiger partial charge in [0.25, 0.3) is 0 Å². The van der Waals surface area contributed by atoms with Gasteiger partial charge in [-0.05, 0) is 25.0 Å². The summed E-state index contributed by atoms with van der Waals surface area (Å²) in [6.45, 7) is 1.43. The van der Waals surface area contributed by atoms with E-state index in [1.165, 1.54) is 16.6 Å². The van der Waals surface area contributed by atoms with Crippen LogP contribution in [0.25, 0.3) is 0 Å². The Morgan fingerprint density at radius 3 is 2.95 bits per heavy atom. The molecule has 6 nitrogen and oxygen atoms in total. The summed E-state index contributed by atoms with van der Waals surface area (Å²) in [7, 11) is -3.14. The summed E-state index contributed by atoms with van der Waals surface area (Å²) in [5.41, 5.74) is 5.92. The van der Waals surface area contributed by atoms with Gasteiger partial charge in [0.1, 0.15) is 17.2 Å². The molecule has 7 heteroatoms. The predicted octanol–water partition coefficient (Wildman–Crippen LogP) is 1.02. The first-order valence-corrected chi connectivity index (χ1v) is 8.38. The molecule has 1 heterocycles. The van der Waals surface area contributed by atoms with E-state index in [4.69, 9.17) is 10.5 Å². The number of phenols is 1. The zero-order valence-electron chi connectivity index (χ0n) is 11.4. The number of nitrogens with two attached hydrogens (primary N) is 1. The smallest absolute Gasteiger partial charge is 0.211 e. The van der Waals surface area contributed by atoms with E-state index in [9.17, 15) is 13.5 Å². The third kappa shape index (κ3) is 3.55. The minimum atomic E-state index is -3.14. The molecule has 1 atom stereocenters. The maximum absolute atomic E-state index is 11.5. The highest BCUT2D eigenvalue weighted by atomic mass is 32.2. The van der Waals surface area contributed by atoms with E-state index in [0.717, 1.165) is 12.8 Å². The molecule has 0 radical (unpaired) electrons. The lowest BCUT2D eigenvalue weighted by Gasteiger charge is -2.30. The Morgan fingerprint density at radius 2 is 2.25 bits per heavy atom. The van der Waals surface area contributed by atoms with Crippen molar-refractivity contribution in [2.75, 3.05) is 31.7 Å². The maximum atomic E-state index is 11.5. The van der Waals surface area contributed by atoms with Crippen LogP contribution in [-0.2, 0) is 10.0 Å². The van der Waals surface area contributed by atoms with E-state index in [-0.39, 0.29) is 17.4 Å². The van der Waals surface area contributed by atoms with Crippen LogP contribution in [0, 0.1) is 5.92 Å². The number of ether oxygens (including phenoxy) is 1. The van der Waals surface area contributed by atoms with Crippen LogP contribution in [0.3, 0.4) is 0 Å². The lowest BCUT2D eigenvalue weighted by Crippen LogP contribution is -2.40. The van der Waals surface area contributed by atoms with Gasteiger partial charge < -0.3 is 15.6 Å². The van der Waals surface area contributed by atoms with E-state index < -0.39 is 10.0 Å². The van der Waals surface area contributed by atoms with Crippen LogP contribution in [-0.4, -0.2) is 43.8 Å². The Labute approximate surface area is 119 Å². The normalized spacial score (nSPS) is 20.8. The molecule has 2 rings (SSSR count). The van der Waals surface area contributed by atoms with Crippen molar-refractivity contribution in [2.45, 2.75) is 12.8 Å². The lowest BCUT2D eigenvalue weighted by atomic mass is 10.0. The van der Waals surface area contributed by atoms with Crippen LogP contribution in [0.4, 0.5) is 5.69 Å². The maximum Gasteiger partial charge on any atom is 0.211 e. The summed E-state index contributed by atoms with van der Waals surface area (Å²) in [4.78, 5) is 0. The van der Waals surface area contributed by atoms with E-state index in [1.807, 2.05) is 0 Å². The van der Waals surface area contributed by atoms with Crippen molar-refractivity contribution in [3.63, 3.8) is 0 Å². The summed E-state index contributed by atoms with van der Waals surface area (Å²) in [5, 5.41) is 9.49. The molecule has 0 amide bonds. The highest BCUT2D eigenvalue weighted by Crippen LogP contribution is 2.30. The highest BCUT2D eigenvalue weighted by molar-refractivity contribution is 7.88. The third-order valence-electron chi connectivity index (χ3n) is 3.47. The molecule has 1 aromatic rings. The summed E-state index contributed by atoms with van der Waals surface area (Å²) in [6, 6.07) is 4.84. The van der Waals surface area contributed by atoms with Gasteiger partial charge in [0.2, 0.25) is 10.0 Å². The average Bonchev–Trinajstić information content (AvgIpc) is 2.40. The minimum Gasteiger partial charge on any atom is -0.506 e. The first kappa shape index (κ1) is 14.9. The number of piperidine rings is 1. The fraction of sp³-hybridized carbons (Fsp3) is 0.538. The van der Waals surface area contributed by atoms with Crippen molar-refractivity contribution < 1.29 is 18.3 Å².